The van der Waals surface area contributed by atoms with Crippen LogP contribution in [-0.4, -0.2) is 50.2 Å². The lowest BCUT2D eigenvalue weighted by atomic mass is 9.93. The number of likely N-dealkylation sites (tertiary alicyclic amines) is 1. The molecular formula is C13H24N2O2. The molecule has 0 radical (unpaired) electrons. The van der Waals surface area contributed by atoms with Gasteiger partial charge in [-0.05, 0) is 31.3 Å². The molecule has 1 N–H and O–H groups in total. The number of carbonyl (C=O) groups excluding carboxylic acids is 1. The second kappa shape index (κ2) is 5.36. The van der Waals surface area contributed by atoms with Crippen LogP contribution in [-0.2, 0) is 9.53 Å². The summed E-state index contributed by atoms with van der Waals surface area (Å²) in [5.41, 5.74) is 0. The van der Waals surface area contributed by atoms with Crippen LogP contribution < -0.4 is 5.32 Å². The second-order valence-electron chi connectivity index (χ2n) is 5.44. The first-order valence-electron chi connectivity index (χ1n) is 6.70. The molecule has 0 saturated carbocycles. The van der Waals surface area contributed by atoms with E-state index in [0.29, 0.717) is 6.04 Å². The molecule has 2 heterocycles. The Labute approximate surface area is 104 Å². The van der Waals surface area contributed by atoms with Gasteiger partial charge >= 0.3 is 5.97 Å². The number of nitrogens with one attached hydrogen (secondary N) is 1. The van der Waals surface area contributed by atoms with Crippen LogP contribution in [0.5, 0.6) is 0 Å². The molecule has 4 nitrogen and oxygen atoms in total. The number of carbonyl (C=O) groups is 1. The summed E-state index contributed by atoms with van der Waals surface area (Å²) in [4.78, 5) is 14.0. The van der Waals surface area contributed by atoms with Crippen LogP contribution in [0, 0.1) is 17.8 Å². The molecule has 0 amide bonds. The Balaban J connectivity index is 1.95. The van der Waals surface area contributed by atoms with Gasteiger partial charge in [-0.2, -0.15) is 0 Å². The summed E-state index contributed by atoms with van der Waals surface area (Å²) in [6.45, 7) is 8.48. The molecule has 4 heteroatoms. The van der Waals surface area contributed by atoms with E-state index < -0.39 is 0 Å². The number of nitrogens with zero attached hydrogens (tertiary/aromatic N) is 1. The molecule has 0 bridgehead atoms. The van der Waals surface area contributed by atoms with Crippen molar-refractivity contribution in [2.45, 2.75) is 26.3 Å². The number of methoxy groups -OCH3 is 1. The third kappa shape index (κ3) is 2.47. The minimum Gasteiger partial charge on any atom is -0.469 e. The highest BCUT2D eigenvalue weighted by Gasteiger charge is 2.43. The van der Waals surface area contributed by atoms with Crippen LogP contribution >= 0.6 is 0 Å². The first kappa shape index (κ1) is 12.8. The minimum atomic E-state index is -0.0879. The number of hydrogen-bond donors (Lipinski definition) is 1. The smallest absolute Gasteiger partial charge is 0.309 e. The predicted octanol–water partition coefficient (Wildman–Crippen LogP) is 0.725. The van der Waals surface area contributed by atoms with Crippen molar-refractivity contribution >= 4 is 5.97 Å². The van der Waals surface area contributed by atoms with Gasteiger partial charge in [-0.25, -0.2) is 0 Å². The van der Waals surface area contributed by atoms with Gasteiger partial charge in [-0.1, -0.05) is 13.8 Å². The van der Waals surface area contributed by atoms with Gasteiger partial charge in [0.25, 0.3) is 0 Å². The Kier molecular flexibility index (Phi) is 4.05. The lowest BCUT2D eigenvalue weighted by Crippen LogP contribution is -2.39. The molecule has 2 aliphatic rings. The van der Waals surface area contributed by atoms with Crippen LogP contribution in [0.4, 0.5) is 0 Å². The fourth-order valence-corrected chi connectivity index (χ4v) is 3.51. The molecule has 17 heavy (non-hydrogen) atoms. The lowest BCUT2D eigenvalue weighted by molar-refractivity contribution is -0.145. The summed E-state index contributed by atoms with van der Waals surface area (Å²) in [6.07, 6.45) is 1.18. The number of ether oxygens (including phenoxy) is 1. The second-order valence-corrected chi connectivity index (χ2v) is 5.44. The van der Waals surface area contributed by atoms with Crippen LogP contribution in [0.3, 0.4) is 0 Å². The molecule has 0 aromatic heterocycles. The van der Waals surface area contributed by atoms with Gasteiger partial charge in [-0.15, -0.1) is 0 Å². The zero-order chi connectivity index (χ0) is 12.4. The minimum absolute atomic E-state index is 0.0131. The number of rotatable bonds is 4. The summed E-state index contributed by atoms with van der Waals surface area (Å²) in [5.74, 6) is 1.46. The average molecular weight is 240 g/mol. The van der Waals surface area contributed by atoms with E-state index in [2.05, 4.69) is 17.1 Å². The zero-order valence-corrected chi connectivity index (χ0v) is 11.1. The van der Waals surface area contributed by atoms with E-state index in [0.717, 1.165) is 38.0 Å². The largest absolute Gasteiger partial charge is 0.469 e. The molecular weight excluding hydrogens is 216 g/mol. The predicted molar refractivity (Wildman–Crippen MR) is 66.7 cm³/mol. The van der Waals surface area contributed by atoms with Gasteiger partial charge < -0.3 is 10.1 Å². The van der Waals surface area contributed by atoms with Gasteiger partial charge in [0.05, 0.1) is 13.0 Å². The monoisotopic (exact) mass is 240 g/mol. The van der Waals surface area contributed by atoms with E-state index in [4.69, 9.17) is 4.74 Å². The fraction of sp³-hybridized carbons (Fsp3) is 0.923. The standard InChI is InChI=1S/C13H24N2O2/c1-4-12-11-6-14-5-10(11)8-15(12)7-9(2)13(16)17-3/h9-12,14H,4-8H2,1-3H3. The Hall–Kier alpha value is -0.610. The molecule has 4 atom stereocenters. The number of esters is 1. The molecule has 0 aliphatic carbocycles. The molecule has 2 saturated heterocycles. The van der Waals surface area contributed by atoms with Crippen LogP contribution in [0.15, 0.2) is 0 Å². The molecule has 2 fully saturated rings. The normalized spacial score (nSPS) is 34.6. The average Bonchev–Trinajstić information content (AvgIpc) is 2.87. The van der Waals surface area contributed by atoms with Crippen molar-refractivity contribution in [1.29, 1.82) is 0 Å². The van der Waals surface area contributed by atoms with Gasteiger partial charge in [-0.3, -0.25) is 9.69 Å². The Morgan fingerprint density at radius 3 is 2.94 bits per heavy atom. The van der Waals surface area contributed by atoms with Crippen LogP contribution in [0.2, 0.25) is 0 Å². The maximum absolute atomic E-state index is 11.5. The molecule has 0 spiro atoms. The molecule has 4 unspecified atom stereocenters. The van der Waals surface area contributed by atoms with E-state index in [-0.39, 0.29) is 11.9 Å². The van der Waals surface area contributed by atoms with Crippen LogP contribution in [0.1, 0.15) is 20.3 Å². The SMILES string of the molecule is CCC1C2CNCC2CN1CC(C)C(=O)OC. The summed E-state index contributed by atoms with van der Waals surface area (Å²) >= 11 is 0. The quantitative estimate of drug-likeness (QED) is 0.735. The molecule has 0 aromatic rings. The maximum Gasteiger partial charge on any atom is 0.309 e. The topological polar surface area (TPSA) is 41.6 Å². The number of fused-ring (bicyclic) bond motifs is 1. The van der Waals surface area contributed by atoms with E-state index >= 15 is 0 Å². The van der Waals surface area contributed by atoms with Gasteiger partial charge in [0.15, 0.2) is 0 Å². The fourth-order valence-electron chi connectivity index (χ4n) is 3.51. The Morgan fingerprint density at radius 2 is 2.29 bits per heavy atom. The van der Waals surface area contributed by atoms with Crippen molar-refractivity contribution in [2.75, 3.05) is 33.3 Å². The van der Waals surface area contributed by atoms with Crippen LogP contribution in [0.25, 0.3) is 0 Å². The third-order valence-corrected chi connectivity index (χ3v) is 4.35. The molecule has 0 aromatic carbocycles. The summed E-state index contributed by atoms with van der Waals surface area (Å²) in [7, 11) is 1.47. The molecule has 98 valence electrons. The summed E-state index contributed by atoms with van der Waals surface area (Å²) < 4.78 is 4.81. The first-order valence-corrected chi connectivity index (χ1v) is 6.70. The molecule has 2 rings (SSSR count). The third-order valence-electron chi connectivity index (χ3n) is 4.35. The van der Waals surface area contributed by atoms with Crippen molar-refractivity contribution in [2.24, 2.45) is 17.8 Å². The van der Waals surface area contributed by atoms with E-state index in [1.807, 2.05) is 6.92 Å². The highest BCUT2D eigenvalue weighted by Crippen LogP contribution is 2.34. The van der Waals surface area contributed by atoms with Crippen molar-refractivity contribution in [3.63, 3.8) is 0 Å². The van der Waals surface area contributed by atoms with Crippen molar-refractivity contribution in [3.8, 4) is 0 Å². The van der Waals surface area contributed by atoms with Gasteiger partial charge in [0.2, 0.25) is 0 Å². The Bertz CT molecular complexity index is 283. The number of hydrogen-bond acceptors (Lipinski definition) is 4. The van der Waals surface area contributed by atoms with E-state index in [1.54, 1.807) is 0 Å². The van der Waals surface area contributed by atoms with E-state index in [9.17, 15) is 4.79 Å². The van der Waals surface area contributed by atoms with Crippen molar-refractivity contribution in [3.05, 3.63) is 0 Å². The van der Waals surface area contributed by atoms with Gasteiger partial charge in [0, 0.05) is 19.1 Å². The maximum atomic E-state index is 11.5. The first-order chi connectivity index (χ1) is 8.17. The van der Waals surface area contributed by atoms with Crippen molar-refractivity contribution < 1.29 is 9.53 Å². The molecule has 2 aliphatic heterocycles. The lowest BCUT2D eigenvalue weighted by Gasteiger charge is -2.28. The zero-order valence-electron chi connectivity index (χ0n) is 11.1. The van der Waals surface area contributed by atoms with Gasteiger partial charge in [0.1, 0.15) is 0 Å². The Morgan fingerprint density at radius 1 is 1.53 bits per heavy atom. The van der Waals surface area contributed by atoms with E-state index in [1.165, 1.54) is 13.5 Å². The summed E-state index contributed by atoms with van der Waals surface area (Å²) in [6, 6.07) is 0.641. The highest BCUT2D eigenvalue weighted by molar-refractivity contribution is 5.72. The summed E-state index contributed by atoms with van der Waals surface area (Å²) in [5, 5.41) is 3.48. The highest BCUT2D eigenvalue weighted by atomic mass is 16.5. The van der Waals surface area contributed by atoms with Crippen molar-refractivity contribution in [1.82, 2.24) is 10.2 Å².